The molecule has 1 aliphatic rings. The Kier molecular flexibility index (Phi) is 1.84. The lowest BCUT2D eigenvalue weighted by atomic mass is 10.2. The molecular weight excluding hydrogens is 190 g/mol. The first-order valence-corrected chi connectivity index (χ1v) is 4.74. The van der Waals surface area contributed by atoms with Crippen LogP contribution < -0.4 is 0 Å². The van der Waals surface area contributed by atoms with Crippen LogP contribution in [0.5, 0.6) is 0 Å². The molecule has 0 atom stereocenters. The predicted octanol–water partition coefficient (Wildman–Crippen LogP) is 2.69. The highest BCUT2D eigenvalue weighted by Gasteiger charge is 2.15. The molecule has 2 rings (SSSR count). The fourth-order valence-corrected chi connectivity index (χ4v) is 2.40. The van der Waals surface area contributed by atoms with Crippen molar-refractivity contribution >= 4 is 28.0 Å². The maximum absolute atomic E-state index is 5.99. The van der Waals surface area contributed by atoms with E-state index in [1.165, 1.54) is 4.88 Å². The van der Waals surface area contributed by atoms with Gasteiger partial charge in [0.05, 0.1) is 11.6 Å². The van der Waals surface area contributed by atoms with Gasteiger partial charge in [-0.2, -0.15) is 0 Å². The summed E-state index contributed by atoms with van der Waals surface area (Å²) in [5.74, 6) is 0. The zero-order valence-electron chi connectivity index (χ0n) is 6.25. The molecule has 0 spiro atoms. The topological polar surface area (TPSA) is 3.24 Å². The summed E-state index contributed by atoms with van der Waals surface area (Å²) in [5.41, 5.74) is 1.12. The number of thiophene rings is 1. The number of rotatable bonds is 0. The lowest BCUT2D eigenvalue weighted by Gasteiger charge is -2.18. The van der Waals surface area contributed by atoms with Gasteiger partial charge in [0.25, 0.3) is 0 Å². The first kappa shape index (κ1) is 7.72. The lowest BCUT2D eigenvalue weighted by Crippen LogP contribution is -2.13. The molecule has 0 N–H and O–H groups in total. The van der Waals surface area contributed by atoms with Crippen molar-refractivity contribution in [2.75, 3.05) is 0 Å². The molecule has 0 saturated carbocycles. The highest BCUT2D eigenvalue weighted by molar-refractivity contribution is 7.10. The number of halogens is 1. The lowest BCUT2D eigenvalue weighted by molar-refractivity contribution is 0.532. The summed E-state index contributed by atoms with van der Waals surface area (Å²) in [6.45, 7) is 0.778. The Bertz CT molecular complexity index is 372. The summed E-state index contributed by atoms with van der Waals surface area (Å²) < 4.78 is 0. The Morgan fingerprint density at radius 2 is 2.50 bits per heavy atom. The van der Waals surface area contributed by atoms with E-state index < -0.39 is 0 Å². The molecule has 0 unspecified atom stereocenters. The van der Waals surface area contributed by atoms with Crippen LogP contribution in [0.15, 0.2) is 17.6 Å². The summed E-state index contributed by atoms with van der Waals surface area (Å²) in [6, 6.07) is 4.56. The Morgan fingerprint density at radius 3 is 3.25 bits per heavy atom. The Labute approximate surface area is 80.3 Å². The standard InChI is InChI=1S/C9H6ClNS/c1-2-11-5-8(10)7-3-4-12-9(7)6-11/h1,3-5H,6H2. The molecule has 0 aliphatic carbocycles. The number of terminal acetylenes is 1. The normalized spacial score (nSPS) is 15.0. The van der Waals surface area contributed by atoms with Crippen molar-refractivity contribution in [2.24, 2.45) is 0 Å². The molecule has 0 aromatic carbocycles. The molecule has 3 heteroatoms. The fourth-order valence-electron chi connectivity index (χ4n) is 1.17. The molecule has 60 valence electrons. The van der Waals surface area contributed by atoms with Crippen LogP contribution in [-0.4, -0.2) is 4.90 Å². The molecule has 1 nitrogen and oxygen atoms in total. The molecule has 0 saturated heterocycles. The molecule has 1 aliphatic heterocycles. The Morgan fingerprint density at radius 1 is 1.67 bits per heavy atom. The predicted molar refractivity (Wildman–Crippen MR) is 52.5 cm³/mol. The van der Waals surface area contributed by atoms with Crippen LogP contribution in [0, 0.1) is 12.5 Å². The number of fused-ring (bicyclic) bond motifs is 1. The molecule has 12 heavy (non-hydrogen) atoms. The van der Waals surface area contributed by atoms with E-state index in [4.69, 9.17) is 18.0 Å². The number of hydrogen-bond donors (Lipinski definition) is 0. The third-order valence-electron chi connectivity index (χ3n) is 1.75. The minimum Gasteiger partial charge on any atom is -0.302 e. The maximum atomic E-state index is 5.99. The van der Waals surface area contributed by atoms with Crippen LogP contribution in [0.1, 0.15) is 10.4 Å². The SMILES string of the molecule is C#CN1C=C(Cl)c2ccsc2C1. The van der Waals surface area contributed by atoms with E-state index in [1.807, 2.05) is 11.4 Å². The first-order chi connectivity index (χ1) is 5.81. The van der Waals surface area contributed by atoms with Gasteiger partial charge < -0.3 is 4.90 Å². The highest BCUT2D eigenvalue weighted by Crippen LogP contribution is 2.32. The molecular formula is C9H6ClNS. The summed E-state index contributed by atoms with van der Waals surface area (Å²) in [6.07, 6.45) is 7.06. The first-order valence-electron chi connectivity index (χ1n) is 3.48. The van der Waals surface area contributed by atoms with Gasteiger partial charge >= 0.3 is 0 Å². The molecule has 2 heterocycles. The molecule has 0 fully saturated rings. The fraction of sp³-hybridized carbons (Fsp3) is 0.111. The number of nitrogens with zero attached hydrogens (tertiary/aromatic N) is 1. The Hall–Kier alpha value is -0.910. The van der Waals surface area contributed by atoms with Crippen LogP contribution in [0.25, 0.3) is 5.03 Å². The van der Waals surface area contributed by atoms with E-state index in [1.54, 1.807) is 22.4 Å². The van der Waals surface area contributed by atoms with Gasteiger partial charge in [-0.15, -0.1) is 11.3 Å². The van der Waals surface area contributed by atoms with Crippen LogP contribution in [0.4, 0.5) is 0 Å². The van der Waals surface area contributed by atoms with E-state index in [0.717, 1.165) is 17.1 Å². The van der Waals surface area contributed by atoms with E-state index >= 15 is 0 Å². The number of hydrogen-bond acceptors (Lipinski definition) is 2. The summed E-state index contributed by atoms with van der Waals surface area (Å²) >= 11 is 7.68. The van der Waals surface area contributed by atoms with Crippen molar-refractivity contribution < 1.29 is 0 Å². The van der Waals surface area contributed by atoms with Crippen molar-refractivity contribution in [1.82, 2.24) is 4.90 Å². The van der Waals surface area contributed by atoms with Gasteiger partial charge in [-0.25, -0.2) is 0 Å². The summed E-state index contributed by atoms with van der Waals surface area (Å²) in [7, 11) is 0. The van der Waals surface area contributed by atoms with Crippen molar-refractivity contribution in [3.8, 4) is 12.5 Å². The van der Waals surface area contributed by atoms with Crippen molar-refractivity contribution in [2.45, 2.75) is 6.54 Å². The minimum absolute atomic E-state index is 0.732. The third kappa shape index (κ3) is 1.12. The summed E-state index contributed by atoms with van der Waals surface area (Å²) in [4.78, 5) is 2.99. The second-order valence-corrected chi connectivity index (χ2v) is 3.90. The molecule has 0 bridgehead atoms. The molecule has 1 aromatic heterocycles. The van der Waals surface area contributed by atoms with Crippen LogP contribution in [-0.2, 0) is 6.54 Å². The average Bonchev–Trinajstić information content (AvgIpc) is 2.52. The van der Waals surface area contributed by atoms with Crippen molar-refractivity contribution in [3.05, 3.63) is 28.1 Å². The second kappa shape index (κ2) is 2.85. The van der Waals surface area contributed by atoms with Gasteiger partial charge in [0, 0.05) is 22.7 Å². The van der Waals surface area contributed by atoms with E-state index in [0.29, 0.717) is 0 Å². The zero-order valence-corrected chi connectivity index (χ0v) is 7.82. The smallest absolute Gasteiger partial charge is 0.0659 e. The second-order valence-electron chi connectivity index (χ2n) is 2.49. The van der Waals surface area contributed by atoms with Gasteiger partial charge in [-0.3, -0.25) is 0 Å². The highest BCUT2D eigenvalue weighted by atomic mass is 35.5. The minimum atomic E-state index is 0.732. The molecule has 0 amide bonds. The van der Waals surface area contributed by atoms with E-state index in [2.05, 4.69) is 6.04 Å². The van der Waals surface area contributed by atoms with Gasteiger partial charge in [0.2, 0.25) is 0 Å². The van der Waals surface area contributed by atoms with Gasteiger partial charge in [0.15, 0.2) is 0 Å². The third-order valence-corrected chi connectivity index (χ3v) is 2.96. The monoisotopic (exact) mass is 195 g/mol. The quantitative estimate of drug-likeness (QED) is 0.576. The maximum Gasteiger partial charge on any atom is 0.0659 e. The zero-order chi connectivity index (χ0) is 8.55. The van der Waals surface area contributed by atoms with E-state index in [-0.39, 0.29) is 0 Å². The summed E-state index contributed by atoms with van der Waals surface area (Å²) in [5, 5.41) is 2.76. The Balaban J connectivity index is 2.46. The molecule has 1 aromatic rings. The van der Waals surface area contributed by atoms with Crippen LogP contribution >= 0.6 is 22.9 Å². The van der Waals surface area contributed by atoms with Gasteiger partial charge in [-0.05, 0) is 11.4 Å². The average molecular weight is 196 g/mol. The van der Waals surface area contributed by atoms with Gasteiger partial charge in [0.1, 0.15) is 0 Å². The van der Waals surface area contributed by atoms with Gasteiger partial charge in [-0.1, -0.05) is 18.0 Å². The van der Waals surface area contributed by atoms with E-state index in [9.17, 15) is 0 Å². The van der Waals surface area contributed by atoms with Crippen LogP contribution in [0.2, 0.25) is 0 Å². The van der Waals surface area contributed by atoms with Crippen LogP contribution in [0.3, 0.4) is 0 Å². The molecule has 0 radical (unpaired) electrons. The van der Waals surface area contributed by atoms with Crippen molar-refractivity contribution in [1.29, 1.82) is 0 Å². The largest absolute Gasteiger partial charge is 0.302 e. The van der Waals surface area contributed by atoms with Crippen molar-refractivity contribution in [3.63, 3.8) is 0 Å².